The quantitative estimate of drug-likeness (QED) is 0.441. The van der Waals surface area contributed by atoms with E-state index in [-0.39, 0.29) is 6.04 Å². The maximum absolute atomic E-state index is 12.0. The number of nitrogens with zero attached hydrogens (tertiary/aromatic N) is 3. The number of aromatic amines is 1. The van der Waals surface area contributed by atoms with Crippen LogP contribution in [0.5, 0.6) is 0 Å². The molecule has 1 atom stereocenters. The maximum Gasteiger partial charge on any atom is 0.252 e. The topological polar surface area (TPSA) is 102 Å². The lowest BCUT2D eigenvalue weighted by Crippen LogP contribution is -2.20. The minimum Gasteiger partial charge on any atom is -0.365 e. The number of carbonyl (C=O) groups is 1. The van der Waals surface area contributed by atoms with Gasteiger partial charge in [0.15, 0.2) is 0 Å². The van der Waals surface area contributed by atoms with E-state index in [0.29, 0.717) is 17.0 Å². The van der Waals surface area contributed by atoms with Crippen molar-refractivity contribution in [2.45, 2.75) is 18.9 Å². The van der Waals surface area contributed by atoms with Crippen molar-refractivity contribution in [3.63, 3.8) is 0 Å². The van der Waals surface area contributed by atoms with E-state index >= 15 is 0 Å². The first kappa shape index (κ1) is 17.5. The molecule has 29 heavy (non-hydrogen) atoms. The number of aromatic nitrogens is 4. The molecule has 0 radical (unpaired) electrons. The highest BCUT2D eigenvalue weighted by atomic mass is 16.1. The summed E-state index contributed by atoms with van der Waals surface area (Å²) >= 11 is 0. The maximum atomic E-state index is 12.0. The molecule has 0 aliphatic heterocycles. The van der Waals surface area contributed by atoms with Gasteiger partial charge in [0, 0.05) is 41.9 Å². The van der Waals surface area contributed by atoms with Crippen LogP contribution < -0.4 is 11.1 Å². The van der Waals surface area contributed by atoms with Gasteiger partial charge in [0.2, 0.25) is 0 Å². The van der Waals surface area contributed by atoms with Gasteiger partial charge in [-0.3, -0.25) is 9.48 Å². The second-order valence-electron chi connectivity index (χ2n) is 7.67. The number of benzene rings is 1. The molecule has 3 aromatic heterocycles. The fraction of sp³-hybridized carbons (Fsp3) is 0.227. The van der Waals surface area contributed by atoms with Crippen LogP contribution in [0.1, 0.15) is 23.2 Å². The van der Waals surface area contributed by atoms with E-state index in [4.69, 9.17) is 5.73 Å². The molecular formula is C22H22N6O. The van der Waals surface area contributed by atoms with Crippen molar-refractivity contribution in [1.29, 1.82) is 0 Å². The highest BCUT2D eigenvalue weighted by molar-refractivity contribution is 6.18. The van der Waals surface area contributed by atoms with Gasteiger partial charge in [-0.25, -0.2) is 4.98 Å². The summed E-state index contributed by atoms with van der Waals surface area (Å²) in [5.41, 5.74) is 9.69. The molecule has 1 aliphatic rings. The Hall–Kier alpha value is -3.61. The third-order valence-electron chi connectivity index (χ3n) is 5.62. The van der Waals surface area contributed by atoms with Crippen molar-refractivity contribution in [3.05, 3.63) is 55.0 Å². The number of hydrogen-bond donors (Lipinski definition) is 3. The number of carbonyl (C=O) groups excluding carboxylic acids is 1. The van der Waals surface area contributed by atoms with E-state index in [2.05, 4.69) is 39.1 Å². The summed E-state index contributed by atoms with van der Waals surface area (Å²) in [5, 5.41) is 9.63. The van der Waals surface area contributed by atoms with E-state index in [0.717, 1.165) is 33.2 Å². The second kappa shape index (κ2) is 6.48. The van der Waals surface area contributed by atoms with Crippen molar-refractivity contribution >= 4 is 33.5 Å². The number of rotatable bonds is 6. The summed E-state index contributed by atoms with van der Waals surface area (Å²) in [6, 6.07) is 6.32. The number of fused-ring (bicyclic) bond motifs is 3. The van der Waals surface area contributed by atoms with Gasteiger partial charge in [-0.2, -0.15) is 5.10 Å². The minimum atomic E-state index is -0.504. The highest BCUT2D eigenvalue weighted by Gasteiger charge is 2.30. The Bertz CT molecular complexity index is 1260. The van der Waals surface area contributed by atoms with Crippen LogP contribution in [0.3, 0.4) is 0 Å². The Morgan fingerprint density at radius 2 is 2.21 bits per heavy atom. The highest BCUT2D eigenvalue weighted by Crippen LogP contribution is 2.38. The Balaban J connectivity index is 1.70. The largest absolute Gasteiger partial charge is 0.365 e. The molecule has 1 unspecified atom stereocenters. The molecule has 5 rings (SSSR count). The third-order valence-corrected chi connectivity index (χ3v) is 5.62. The van der Waals surface area contributed by atoms with E-state index in [9.17, 15) is 4.79 Å². The van der Waals surface area contributed by atoms with Crippen LogP contribution in [-0.2, 0) is 7.05 Å². The standard InChI is InChI=1S/C22H22N6O/c1-3-17(12-4-5-12)27-22-19-15-7-6-13(14-9-25-28(2)11-14)8-18(15)26-20(19)16(10-24-22)21(23)29/h3,6-12,17,26H,1,4-5H2,2H3,(H2,23,29)(H,24,27). The van der Waals surface area contributed by atoms with E-state index < -0.39 is 5.91 Å². The third kappa shape index (κ3) is 2.95. The van der Waals surface area contributed by atoms with E-state index in [1.807, 2.05) is 31.6 Å². The molecule has 1 aliphatic carbocycles. The number of hydrogen-bond acceptors (Lipinski definition) is 4. The van der Waals surface area contributed by atoms with Gasteiger partial charge in [0.05, 0.1) is 22.7 Å². The summed E-state index contributed by atoms with van der Waals surface area (Å²) in [6.07, 6.45) is 9.65. The van der Waals surface area contributed by atoms with Crippen LogP contribution in [-0.4, -0.2) is 31.7 Å². The van der Waals surface area contributed by atoms with Crippen LogP contribution in [0.4, 0.5) is 5.82 Å². The Morgan fingerprint density at radius 3 is 2.86 bits per heavy atom. The summed E-state index contributed by atoms with van der Waals surface area (Å²) in [4.78, 5) is 19.9. The fourth-order valence-corrected chi connectivity index (χ4v) is 3.93. The first-order valence-electron chi connectivity index (χ1n) is 9.67. The monoisotopic (exact) mass is 386 g/mol. The molecule has 1 aromatic carbocycles. The summed E-state index contributed by atoms with van der Waals surface area (Å²) < 4.78 is 1.77. The van der Waals surface area contributed by atoms with Gasteiger partial charge in [-0.1, -0.05) is 18.2 Å². The van der Waals surface area contributed by atoms with E-state index in [1.54, 1.807) is 4.68 Å². The molecule has 1 fully saturated rings. The Labute approximate surface area is 167 Å². The van der Waals surface area contributed by atoms with E-state index in [1.165, 1.54) is 19.0 Å². The number of anilines is 1. The minimum absolute atomic E-state index is 0.157. The number of pyridine rings is 1. The summed E-state index contributed by atoms with van der Waals surface area (Å²) in [7, 11) is 1.89. The first-order valence-corrected chi connectivity index (χ1v) is 9.67. The lowest BCUT2D eigenvalue weighted by Gasteiger charge is -2.16. The molecule has 4 aromatic rings. The predicted molar refractivity (Wildman–Crippen MR) is 115 cm³/mol. The van der Waals surface area contributed by atoms with Crippen LogP contribution in [0.15, 0.2) is 49.4 Å². The fourth-order valence-electron chi connectivity index (χ4n) is 3.93. The molecule has 7 heteroatoms. The predicted octanol–water partition coefficient (Wildman–Crippen LogP) is 3.59. The molecule has 0 saturated heterocycles. The van der Waals surface area contributed by atoms with Gasteiger partial charge in [0.1, 0.15) is 5.82 Å². The number of nitrogens with two attached hydrogens (primary N) is 1. The van der Waals surface area contributed by atoms with Crippen molar-refractivity contribution in [1.82, 2.24) is 19.7 Å². The Kier molecular flexibility index (Phi) is 3.91. The normalized spacial score (nSPS) is 14.9. The van der Waals surface area contributed by atoms with Gasteiger partial charge in [0.25, 0.3) is 5.91 Å². The average molecular weight is 386 g/mol. The Morgan fingerprint density at radius 1 is 1.38 bits per heavy atom. The zero-order chi connectivity index (χ0) is 20.1. The smallest absolute Gasteiger partial charge is 0.252 e. The van der Waals surface area contributed by atoms with Crippen molar-refractivity contribution in [3.8, 4) is 11.1 Å². The van der Waals surface area contributed by atoms with Crippen LogP contribution >= 0.6 is 0 Å². The van der Waals surface area contributed by atoms with Gasteiger partial charge in [-0.15, -0.1) is 6.58 Å². The number of nitrogens with one attached hydrogen (secondary N) is 2. The lowest BCUT2D eigenvalue weighted by atomic mass is 10.1. The second-order valence-corrected chi connectivity index (χ2v) is 7.67. The van der Waals surface area contributed by atoms with Crippen molar-refractivity contribution in [2.24, 2.45) is 18.7 Å². The van der Waals surface area contributed by atoms with Crippen molar-refractivity contribution < 1.29 is 4.79 Å². The number of primary amides is 1. The van der Waals surface area contributed by atoms with Crippen LogP contribution in [0, 0.1) is 5.92 Å². The molecule has 0 bridgehead atoms. The molecule has 4 N–H and O–H groups in total. The average Bonchev–Trinajstić information content (AvgIpc) is 3.34. The molecule has 0 spiro atoms. The molecule has 146 valence electrons. The number of H-pyrrole nitrogens is 1. The van der Waals surface area contributed by atoms with Gasteiger partial charge < -0.3 is 16.0 Å². The summed E-state index contributed by atoms with van der Waals surface area (Å²) in [6.45, 7) is 3.96. The van der Waals surface area contributed by atoms with Crippen molar-refractivity contribution in [2.75, 3.05) is 5.32 Å². The molecule has 1 amide bonds. The number of amides is 1. The molecular weight excluding hydrogens is 364 g/mol. The van der Waals surface area contributed by atoms with Gasteiger partial charge >= 0.3 is 0 Å². The lowest BCUT2D eigenvalue weighted by molar-refractivity contribution is 0.100. The number of aryl methyl sites for hydroxylation is 1. The molecule has 3 heterocycles. The molecule has 7 nitrogen and oxygen atoms in total. The molecule has 1 saturated carbocycles. The van der Waals surface area contributed by atoms with Gasteiger partial charge in [-0.05, 0) is 30.4 Å². The zero-order valence-corrected chi connectivity index (χ0v) is 16.1. The summed E-state index contributed by atoms with van der Waals surface area (Å²) in [5.74, 6) is 0.820. The van der Waals surface area contributed by atoms with Crippen LogP contribution in [0.25, 0.3) is 32.9 Å². The van der Waals surface area contributed by atoms with Crippen LogP contribution in [0.2, 0.25) is 0 Å². The SMILES string of the molecule is C=CC(Nc1ncc(C(N)=O)c2[nH]c3cc(-c4cnn(C)c4)ccc3c12)C1CC1. The first-order chi connectivity index (χ1) is 14.0. The zero-order valence-electron chi connectivity index (χ0n) is 16.1.